The van der Waals surface area contributed by atoms with Gasteiger partial charge in [0.2, 0.25) is 0 Å². The van der Waals surface area contributed by atoms with E-state index in [0.29, 0.717) is 16.0 Å². The van der Waals surface area contributed by atoms with Gasteiger partial charge >= 0.3 is 5.97 Å². The number of benzene rings is 2. The van der Waals surface area contributed by atoms with Crippen molar-refractivity contribution in [3.63, 3.8) is 0 Å². The van der Waals surface area contributed by atoms with Crippen molar-refractivity contribution in [1.29, 1.82) is 0 Å². The maximum absolute atomic E-state index is 11.4. The average Bonchev–Trinajstić information content (AvgIpc) is 2.97. The molecule has 6 nitrogen and oxygen atoms in total. The fourth-order valence-electron chi connectivity index (χ4n) is 1.98. The summed E-state index contributed by atoms with van der Waals surface area (Å²) in [5.74, 6) is -0.554. The predicted molar refractivity (Wildman–Crippen MR) is 79.2 cm³/mol. The van der Waals surface area contributed by atoms with Crippen molar-refractivity contribution in [2.45, 2.75) is 0 Å². The van der Waals surface area contributed by atoms with E-state index in [9.17, 15) is 9.90 Å². The predicted octanol–water partition coefficient (Wildman–Crippen LogP) is 2.79. The van der Waals surface area contributed by atoms with Crippen LogP contribution in [0.15, 0.2) is 53.0 Å². The minimum Gasteiger partial charge on any atom is -0.478 e. The molecule has 3 rings (SSSR count). The van der Waals surface area contributed by atoms with Gasteiger partial charge in [0.25, 0.3) is 0 Å². The molecule has 0 atom stereocenters. The molecule has 3 aromatic rings. The summed E-state index contributed by atoms with van der Waals surface area (Å²) in [6.45, 7) is 0. The highest BCUT2D eigenvalue weighted by atomic mass is 79.9. The Bertz CT molecular complexity index is 802. The van der Waals surface area contributed by atoms with Crippen LogP contribution in [0.5, 0.6) is 0 Å². The summed E-state index contributed by atoms with van der Waals surface area (Å²) in [7, 11) is 0. The number of hydrogen-bond acceptors (Lipinski definition) is 4. The molecule has 1 heterocycles. The lowest BCUT2D eigenvalue weighted by Crippen LogP contribution is -2.08. The lowest BCUT2D eigenvalue weighted by atomic mass is 10.1. The molecule has 104 valence electrons. The summed E-state index contributed by atoms with van der Waals surface area (Å²) in [5, 5.41) is 20.9. The molecule has 0 spiro atoms. The van der Waals surface area contributed by atoms with Crippen molar-refractivity contribution in [3.05, 3.63) is 58.6 Å². The van der Waals surface area contributed by atoms with Crippen molar-refractivity contribution in [2.75, 3.05) is 0 Å². The van der Waals surface area contributed by atoms with Crippen LogP contribution in [-0.2, 0) is 0 Å². The van der Waals surface area contributed by atoms with Gasteiger partial charge in [0, 0.05) is 10.0 Å². The Hall–Kier alpha value is -2.54. The van der Waals surface area contributed by atoms with E-state index in [0.717, 1.165) is 5.56 Å². The first-order valence-corrected chi connectivity index (χ1v) is 6.83. The number of aromatic carboxylic acids is 1. The standard InChI is InChI=1S/C14H9BrN4O2/c15-10-6-7-12(11(8-10)14(20)21)19-13(16-17-18-19)9-4-2-1-3-5-9/h1-8H,(H,20,21). The molecule has 1 N–H and O–H groups in total. The number of tetrazole rings is 1. The Morgan fingerprint density at radius 2 is 1.90 bits per heavy atom. The fourth-order valence-corrected chi connectivity index (χ4v) is 2.34. The van der Waals surface area contributed by atoms with Crippen LogP contribution in [0.1, 0.15) is 10.4 Å². The Morgan fingerprint density at radius 3 is 2.62 bits per heavy atom. The van der Waals surface area contributed by atoms with Crippen LogP contribution in [0.4, 0.5) is 0 Å². The van der Waals surface area contributed by atoms with E-state index in [2.05, 4.69) is 31.5 Å². The minimum atomic E-state index is -1.04. The number of aromatic nitrogens is 4. The molecule has 1 aromatic heterocycles. The third kappa shape index (κ3) is 2.55. The Labute approximate surface area is 128 Å². The number of hydrogen-bond donors (Lipinski definition) is 1. The number of carboxylic acids is 1. The second-order valence-electron chi connectivity index (χ2n) is 4.25. The zero-order valence-electron chi connectivity index (χ0n) is 10.6. The maximum Gasteiger partial charge on any atom is 0.337 e. The molecule has 7 heteroatoms. The topological polar surface area (TPSA) is 80.9 Å². The summed E-state index contributed by atoms with van der Waals surface area (Å²) in [6, 6.07) is 14.3. The van der Waals surface area contributed by atoms with E-state index in [1.54, 1.807) is 12.1 Å². The van der Waals surface area contributed by atoms with Gasteiger partial charge < -0.3 is 5.11 Å². The van der Waals surface area contributed by atoms with Gasteiger partial charge in [-0.05, 0) is 28.6 Å². The van der Waals surface area contributed by atoms with Crippen LogP contribution in [0.25, 0.3) is 17.1 Å². The quantitative estimate of drug-likeness (QED) is 0.789. The molecule has 0 saturated heterocycles. The summed E-state index contributed by atoms with van der Waals surface area (Å²) in [5.41, 5.74) is 1.34. The summed E-state index contributed by atoms with van der Waals surface area (Å²) in [6.07, 6.45) is 0. The second-order valence-corrected chi connectivity index (χ2v) is 5.16. The first-order valence-electron chi connectivity index (χ1n) is 6.04. The highest BCUT2D eigenvalue weighted by Crippen LogP contribution is 2.24. The highest BCUT2D eigenvalue weighted by molar-refractivity contribution is 9.10. The van der Waals surface area contributed by atoms with Crippen molar-refractivity contribution in [1.82, 2.24) is 20.2 Å². The van der Waals surface area contributed by atoms with E-state index in [4.69, 9.17) is 0 Å². The normalized spacial score (nSPS) is 10.5. The second kappa shape index (κ2) is 5.45. The Kier molecular flexibility index (Phi) is 3.49. The monoisotopic (exact) mass is 344 g/mol. The summed E-state index contributed by atoms with van der Waals surface area (Å²) < 4.78 is 2.10. The van der Waals surface area contributed by atoms with Gasteiger partial charge in [-0.1, -0.05) is 46.3 Å². The smallest absolute Gasteiger partial charge is 0.337 e. The number of carbonyl (C=O) groups is 1. The maximum atomic E-state index is 11.4. The SMILES string of the molecule is O=C(O)c1cc(Br)ccc1-n1nnnc1-c1ccccc1. The molecule has 21 heavy (non-hydrogen) atoms. The molecule has 0 aliphatic rings. The van der Waals surface area contributed by atoms with E-state index < -0.39 is 5.97 Å². The highest BCUT2D eigenvalue weighted by Gasteiger charge is 2.17. The number of halogens is 1. The van der Waals surface area contributed by atoms with Crippen molar-refractivity contribution >= 4 is 21.9 Å². The fraction of sp³-hybridized carbons (Fsp3) is 0. The molecular weight excluding hydrogens is 336 g/mol. The van der Waals surface area contributed by atoms with Crippen LogP contribution >= 0.6 is 15.9 Å². The number of carboxylic acid groups (broad SMARTS) is 1. The molecular formula is C14H9BrN4O2. The van der Waals surface area contributed by atoms with Crippen molar-refractivity contribution in [3.8, 4) is 17.1 Å². The molecule has 2 aromatic carbocycles. The van der Waals surface area contributed by atoms with Crippen molar-refractivity contribution < 1.29 is 9.90 Å². The zero-order valence-corrected chi connectivity index (χ0v) is 12.2. The summed E-state index contributed by atoms with van der Waals surface area (Å²) >= 11 is 3.27. The van der Waals surface area contributed by atoms with Gasteiger partial charge in [-0.25, -0.2) is 4.79 Å². The Morgan fingerprint density at radius 1 is 1.14 bits per heavy atom. The van der Waals surface area contributed by atoms with Crippen LogP contribution < -0.4 is 0 Å². The molecule has 0 unspecified atom stereocenters. The minimum absolute atomic E-state index is 0.119. The van der Waals surface area contributed by atoms with Gasteiger partial charge in [0.05, 0.1) is 11.3 Å². The van der Waals surface area contributed by atoms with Crippen LogP contribution in [-0.4, -0.2) is 31.3 Å². The molecule has 0 radical (unpaired) electrons. The van der Waals surface area contributed by atoms with E-state index >= 15 is 0 Å². The molecule has 0 aliphatic carbocycles. The number of nitrogens with zero attached hydrogens (tertiary/aromatic N) is 4. The Balaban J connectivity index is 2.20. The molecule has 0 saturated carbocycles. The lowest BCUT2D eigenvalue weighted by molar-refractivity contribution is 0.0696. The van der Waals surface area contributed by atoms with Crippen LogP contribution in [0.2, 0.25) is 0 Å². The van der Waals surface area contributed by atoms with Crippen LogP contribution in [0.3, 0.4) is 0 Å². The molecule has 0 amide bonds. The van der Waals surface area contributed by atoms with E-state index in [1.165, 1.54) is 10.7 Å². The largest absolute Gasteiger partial charge is 0.478 e. The van der Waals surface area contributed by atoms with Gasteiger partial charge in [-0.3, -0.25) is 0 Å². The first-order chi connectivity index (χ1) is 10.2. The first kappa shape index (κ1) is 13.4. The number of rotatable bonds is 3. The molecule has 0 fully saturated rings. The third-order valence-corrected chi connectivity index (χ3v) is 3.41. The van der Waals surface area contributed by atoms with Gasteiger partial charge in [-0.15, -0.1) is 5.10 Å². The zero-order chi connectivity index (χ0) is 14.8. The lowest BCUT2D eigenvalue weighted by Gasteiger charge is -2.08. The van der Waals surface area contributed by atoms with E-state index in [1.807, 2.05) is 30.3 Å². The van der Waals surface area contributed by atoms with Crippen molar-refractivity contribution in [2.24, 2.45) is 0 Å². The third-order valence-electron chi connectivity index (χ3n) is 2.92. The van der Waals surface area contributed by atoms with E-state index in [-0.39, 0.29) is 5.56 Å². The van der Waals surface area contributed by atoms with Gasteiger partial charge in [-0.2, -0.15) is 4.68 Å². The van der Waals surface area contributed by atoms with Gasteiger partial charge in [0.15, 0.2) is 5.82 Å². The molecule has 0 bridgehead atoms. The molecule has 0 aliphatic heterocycles. The van der Waals surface area contributed by atoms with Crippen LogP contribution in [0, 0.1) is 0 Å². The summed E-state index contributed by atoms with van der Waals surface area (Å²) in [4.78, 5) is 11.4. The van der Waals surface area contributed by atoms with Gasteiger partial charge in [0.1, 0.15) is 0 Å². The average molecular weight is 345 g/mol.